The van der Waals surface area contributed by atoms with Crippen molar-refractivity contribution in [1.82, 2.24) is 9.88 Å². The number of carbonyl (C=O) groups is 1. The first-order chi connectivity index (χ1) is 10.3. The Hall–Kier alpha value is -1.36. The Morgan fingerprint density at radius 3 is 2.55 bits per heavy atom. The van der Waals surface area contributed by atoms with E-state index in [9.17, 15) is 4.79 Å². The van der Waals surface area contributed by atoms with Gasteiger partial charge in [0.2, 0.25) is 5.76 Å². The quantitative estimate of drug-likeness (QED) is 0.808. The molecule has 22 heavy (non-hydrogen) atoms. The average molecular weight is 308 g/mol. The van der Waals surface area contributed by atoms with Crippen molar-refractivity contribution in [1.29, 1.82) is 0 Å². The highest BCUT2D eigenvalue weighted by Crippen LogP contribution is 2.46. The molecule has 0 spiro atoms. The van der Waals surface area contributed by atoms with Crippen LogP contribution in [0.2, 0.25) is 0 Å². The number of aromatic nitrogens is 1. The second kappa shape index (κ2) is 6.41. The molecule has 1 saturated carbocycles. The average Bonchev–Trinajstić information content (AvgIpc) is 2.79. The van der Waals surface area contributed by atoms with Gasteiger partial charge in [-0.25, -0.2) is 4.98 Å². The van der Waals surface area contributed by atoms with Crippen LogP contribution >= 0.6 is 0 Å². The lowest BCUT2D eigenvalue weighted by molar-refractivity contribution is -0.141. The van der Waals surface area contributed by atoms with Crippen LogP contribution in [-0.2, 0) is 4.74 Å². The van der Waals surface area contributed by atoms with Crippen LogP contribution in [0, 0.1) is 19.3 Å². The number of hydrogen-bond donors (Lipinski definition) is 0. The number of nitrogens with zero attached hydrogens (tertiary/aromatic N) is 2. The third kappa shape index (κ3) is 2.91. The first kappa shape index (κ1) is 17.0. The van der Waals surface area contributed by atoms with Crippen LogP contribution in [0.3, 0.4) is 0 Å². The van der Waals surface area contributed by atoms with Crippen LogP contribution in [0.1, 0.15) is 62.7 Å². The van der Waals surface area contributed by atoms with Gasteiger partial charge in [0.15, 0.2) is 5.89 Å². The van der Waals surface area contributed by atoms with Gasteiger partial charge in [0.05, 0.1) is 11.8 Å². The van der Waals surface area contributed by atoms with Crippen LogP contribution < -0.4 is 0 Å². The zero-order valence-electron chi connectivity index (χ0n) is 14.6. The lowest BCUT2D eigenvalue weighted by Crippen LogP contribution is -2.63. The molecule has 1 aliphatic rings. The van der Waals surface area contributed by atoms with Crippen LogP contribution in [0.25, 0.3) is 0 Å². The van der Waals surface area contributed by atoms with Gasteiger partial charge >= 0.3 is 0 Å². The van der Waals surface area contributed by atoms with Crippen molar-refractivity contribution < 1.29 is 13.9 Å². The molecule has 0 aromatic carbocycles. The second-order valence-corrected chi connectivity index (χ2v) is 6.66. The van der Waals surface area contributed by atoms with Crippen molar-refractivity contribution in [3.05, 3.63) is 17.3 Å². The van der Waals surface area contributed by atoms with Crippen molar-refractivity contribution >= 4 is 5.91 Å². The van der Waals surface area contributed by atoms with Crippen molar-refractivity contribution in [3.63, 3.8) is 0 Å². The monoisotopic (exact) mass is 308 g/mol. The van der Waals surface area contributed by atoms with E-state index in [-0.39, 0.29) is 23.5 Å². The van der Waals surface area contributed by atoms with E-state index < -0.39 is 0 Å². The molecule has 124 valence electrons. The van der Waals surface area contributed by atoms with Gasteiger partial charge in [-0.05, 0) is 26.7 Å². The molecule has 1 aliphatic carbocycles. The number of carbonyl (C=O) groups excluding carboxylic acids is 1. The van der Waals surface area contributed by atoms with E-state index >= 15 is 0 Å². The molecule has 2 atom stereocenters. The molecule has 1 fully saturated rings. The van der Waals surface area contributed by atoms with E-state index in [1.54, 1.807) is 6.92 Å². The Morgan fingerprint density at radius 1 is 1.41 bits per heavy atom. The number of oxazole rings is 1. The third-order valence-electron chi connectivity index (χ3n) is 4.69. The number of ether oxygens (including phenoxy) is 1. The van der Waals surface area contributed by atoms with E-state index in [4.69, 9.17) is 9.15 Å². The fourth-order valence-electron chi connectivity index (χ4n) is 3.38. The predicted octanol–water partition coefficient (Wildman–Crippen LogP) is 3.35. The summed E-state index contributed by atoms with van der Waals surface area (Å²) in [5.74, 6) is 0.868. The zero-order chi connectivity index (χ0) is 16.5. The van der Waals surface area contributed by atoms with Crippen LogP contribution in [0.5, 0.6) is 0 Å². The molecule has 1 aromatic rings. The number of amides is 1. The lowest BCUT2D eigenvalue weighted by atomic mass is 9.63. The molecule has 1 amide bonds. The SMILES string of the molecule is CCCN(C(=O)c1oc(C)nc1C)C1CC(OCC)C1(C)C. The maximum atomic E-state index is 12.9. The molecule has 2 rings (SSSR count). The molecule has 0 N–H and O–H groups in total. The van der Waals surface area contributed by atoms with E-state index in [1.165, 1.54) is 0 Å². The van der Waals surface area contributed by atoms with Gasteiger partial charge in [-0.1, -0.05) is 20.8 Å². The van der Waals surface area contributed by atoms with E-state index in [0.717, 1.165) is 19.4 Å². The zero-order valence-corrected chi connectivity index (χ0v) is 14.6. The van der Waals surface area contributed by atoms with Crippen LogP contribution in [0.15, 0.2) is 4.42 Å². The summed E-state index contributed by atoms with van der Waals surface area (Å²) in [6.07, 6.45) is 2.02. The minimum absolute atomic E-state index is 0.0379. The number of rotatable bonds is 6. The minimum atomic E-state index is -0.0482. The standard InChI is InChI=1S/C17H28N2O3/c1-7-9-19(13-10-14(21-8-2)17(13,5)6)16(20)15-11(3)18-12(4)22-15/h13-14H,7-10H2,1-6H3. The highest BCUT2D eigenvalue weighted by atomic mass is 16.5. The van der Waals surface area contributed by atoms with Crippen molar-refractivity contribution in [2.24, 2.45) is 5.41 Å². The summed E-state index contributed by atoms with van der Waals surface area (Å²) in [7, 11) is 0. The van der Waals surface area contributed by atoms with Gasteiger partial charge < -0.3 is 14.1 Å². The summed E-state index contributed by atoms with van der Waals surface area (Å²) in [5.41, 5.74) is 0.631. The molecule has 1 heterocycles. The maximum absolute atomic E-state index is 12.9. The first-order valence-electron chi connectivity index (χ1n) is 8.19. The molecule has 5 nitrogen and oxygen atoms in total. The predicted molar refractivity (Wildman–Crippen MR) is 84.9 cm³/mol. The van der Waals surface area contributed by atoms with Gasteiger partial charge in [-0.3, -0.25) is 4.79 Å². The highest BCUT2D eigenvalue weighted by Gasteiger charge is 2.53. The minimum Gasteiger partial charge on any atom is -0.436 e. The Balaban J connectivity index is 2.21. The van der Waals surface area contributed by atoms with Crippen molar-refractivity contribution in [3.8, 4) is 0 Å². The third-order valence-corrected chi connectivity index (χ3v) is 4.69. The Morgan fingerprint density at radius 2 is 2.09 bits per heavy atom. The molecule has 2 unspecified atom stereocenters. The molecular weight excluding hydrogens is 280 g/mol. The van der Waals surface area contributed by atoms with Crippen LogP contribution in [-0.4, -0.2) is 41.1 Å². The second-order valence-electron chi connectivity index (χ2n) is 6.66. The van der Waals surface area contributed by atoms with Gasteiger partial charge in [-0.15, -0.1) is 0 Å². The highest BCUT2D eigenvalue weighted by molar-refractivity contribution is 5.92. The van der Waals surface area contributed by atoms with E-state index in [0.29, 0.717) is 24.0 Å². The first-order valence-corrected chi connectivity index (χ1v) is 8.19. The largest absolute Gasteiger partial charge is 0.436 e. The molecule has 0 saturated heterocycles. The fraction of sp³-hybridized carbons (Fsp3) is 0.765. The summed E-state index contributed by atoms with van der Waals surface area (Å²) >= 11 is 0. The smallest absolute Gasteiger partial charge is 0.291 e. The van der Waals surface area contributed by atoms with Crippen molar-refractivity contribution in [2.75, 3.05) is 13.2 Å². The van der Waals surface area contributed by atoms with E-state index in [1.807, 2.05) is 18.7 Å². The molecular formula is C17H28N2O3. The molecule has 0 radical (unpaired) electrons. The Labute approximate surface area is 133 Å². The summed E-state index contributed by atoms with van der Waals surface area (Å²) in [6, 6.07) is 0.182. The maximum Gasteiger partial charge on any atom is 0.291 e. The van der Waals surface area contributed by atoms with Gasteiger partial charge in [0, 0.05) is 31.5 Å². The fourth-order valence-corrected chi connectivity index (χ4v) is 3.38. The normalized spacial score (nSPS) is 23.2. The van der Waals surface area contributed by atoms with Crippen molar-refractivity contribution in [2.45, 2.75) is 66.5 Å². The molecule has 0 aliphatic heterocycles. The molecule has 1 aromatic heterocycles. The Kier molecular flexibility index (Phi) is 4.95. The molecule has 5 heteroatoms. The van der Waals surface area contributed by atoms with Gasteiger partial charge in [0.1, 0.15) is 0 Å². The van der Waals surface area contributed by atoms with Gasteiger partial charge in [-0.2, -0.15) is 0 Å². The number of aryl methyl sites for hydroxylation is 2. The summed E-state index contributed by atoms with van der Waals surface area (Å²) in [6.45, 7) is 13.5. The summed E-state index contributed by atoms with van der Waals surface area (Å²) in [5, 5.41) is 0. The molecule has 0 bridgehead atoms. The number of hydrogen-bond acceptors (Lipinski definition) is 4. The van der Waals surface area contributed by atoms with Gasteiger partial charge in [0.25, 0.3) is 5.91 Å². The summed E-state index contributed by atoms with van der Waals surface area (Å²) in [4.78, 5) is 19.1. The Bertz CT molecular complexity index is 536. The van der Waals surface area contributed by atoms with E-state index in [2.05, 4.69) is 25.8 Å². The summed E-state index contributed by atoms with van der Waals surface area (Å²) < 4.78 is 11.3. The topological polar surface area (TPSA) is 55.6 Å². The lowest BCUT2D eigenvalue weighted by Gasteiger charge is -2.55. The van der Waals surface area contributed by atoms with Crippen LogP contribution in [0.4, 0.5) is 0 Å².